The summed E-state index contributed by atoms with van der Waals surface area (Å²) in [6.45, 7) is 2.00. The summed E-state index contributed by atoms with van der Waals surface area (Å²) >= 11 is 12.0. The van der Waals surface area contributed by atoms with Crippen LogP contribution in [0.5, 0.6) is 0 Å². The van der Waals surface area contributed by atoms with Gasteiger partial charge in [0.25, 0.3) is 0 Å². The van der Waals surface area contributed by atoms with Crippen LogP contribution < -0.4 is 5.32 Å². The van der Waals surface area contributed by atoms with E-state index < -0.39 is 0 Å². The first-order valence-electron chi connectivity index (χ1n) is 10.1. The van der Waals surface area contributed by atoms with E-state index in [0.29, 0.717) is 29.6 Å². The predicted octanol–water partition coefficient (Wildman–Crippen LogP) is 4.30. The molecule has 4 rings (SSSR count). The second kappa shape index (κ2) is 8.76. The van der Waals surface area contributed by atoms with E-state index in [9.17, 15) is 9.59 Å². The summed E-state index contributed by atoms with van der Waals surface area (Å²) < 4.78 is 0. The monoisotopic (exact) mass is 430 g/mol. The van der Waals surface area contributed by atoms with Gasteiger partial charge in [-0.15, -0.1) is 0 Å². The fraction of sp³-hybridized carbons (Fsp3) is 0.391. The molecule has 2 amide bonds. The maximum Gasteiger partial charge on any atom is 0.223 e. The topological polar surface area (TPSA) is 49.4 Å². The minimum absolute atomic E-state index is 0.0152. The number of carbonyl (C=O) groups is 2. The molecule has 1 saturated heterocycles. The molecule has 0 aromatic heterocycles. The molecular formula is C23H24Cl2N2O2. The van der Waals surface area contributed by atoms with Gasteiger partial charge in [0.05, 0.1) is 10.0 Å². The van der Waals surface area contributed by atoms with Crippen LogP contribution in [0.4, 0.5) is 0 Å². The number of carbonyl (C=O) groups excluding carboxylic acids is 2. The SMILES string of the molecule is O=C(NC[C@@H]1CC(=O)N(CCc2ccccc2)C1)[C@H]1C[C@H]1c1ccc(Cl)c(Cl)c1. The van der Waals surface area contributed by atoms with Crippen molar-refractivity contribution >= 4 is 35.0 Å². The number of amides is 2. The van der Waals surface area contributed by atoms with Crippen molar-refractivity contribution in [2.75, 3.05) is 19.6 Å². The summed E-state index contributed by atoms with van der Waals surface area (Å²) in [4.78, 5) is 26.7. The molecule has 0 spiro atoms. The number of likely N-dealkylation sites (tertiary alicyclic amines) is 1. The third-order valence-corrected chi connectivity index (χ3v) is 6.61. The van der Waals surface area contributed by atoms with E-state index in [-0.39, 0.29) is 29.6 Å². The maximum absolute atomic E-state index is 12.5. The average Bonchev–Trinajstić information content (AvgIpc) is 3.45. The molecule has 2 aromatic carbocycles. The Morgan fingerprint density at radius 3 is 2.66 bits per heavy atom. The smallest absolute Gasteiger partial charge is 0.223 e. The van der Waals surface area contributed by atoms with E-state index in [1.807, 2.05) is 35.2 Å². The first-order valence-corrected chi connectivity index (χ1v) is 10.8. The van der Waals surface area contributed by atoms with Crippen molar-refractivity contribution in [1.29, 1.82) is 0 Å². The first-order chi connectivity index (χ1) is 14.0. The lowest BCUT2D eigenvalue weighted by atomic mass is 10.1. The van der Waals surface area contributed by atoms with Crippen LogP contribution in [0.2, 0.25) is 10.0 Å². The van der Waals surface area contributed by atoms with Gasteiger partial charge >= 0.3 is 0 Å². The van der Waals surface area contributed by atoms with Gasteiger partial charge in [-0.25, -0.2) is 0 Å². The molecule has 152 valence electrons. The summed E-state index contributed by atoms with van der Waals surface area (Å²) in [5.74, 6) is 0.622. The summed E-state index contributed by atoms with van der Waals surface area (Å²) in [5.41, 5.74) is 2.29. The molecule has 0 bridgehead atoms. The van der Waals surface area contributed by atoms with E-state index in [0.717, 1.165) is 24.9 Å². The van der Waals surface area contributed by atoms with Crippen molar-refractivity contribution in [1.82, 2.24) is 10.2 Å². The van der Waals surface area contributed by atoms with Crippen LogP contribution in [0, 0.1) is 11.8 Å². The Balaban J connectivity index is 1.22. The van der Waals surface area contributed by atoms with Gasteiger partial charge in [-0.3, -0.25) is 9.59 Å². The normalized spacial score (nSPS) is 23.3. The standard InChI is InChI=1S/C23H24Cl2N2O2/c24-20-7-6-17(11-21(20)25)18-12-19(18)23(29)26-13-16-10-22(28)27(14-16)9-8-15-4-2-1-3-5-15/h1-7,11,16,18-19H,8-10,12-14H2,(H,26,29)/t16-,18-,19-/m0/s1. The summed E-state index contributed by atoms with van der Waals surface area (Å²) in [6.07, 6.45) is 2.20. The van der Waals surface area contributed by atoms with Gasteiger partial charge in [0.15, 0.2) is 0 Å². The largest absolute Gasteiger partial charge is 0.355 e. The molecule has 0 radical (unpaired) electrons. The molecule has 3 atom stereocenters. The fourth-order valence-electron chi connectivity index (χ4n) is 4.09. The Bertz CT molecular complexity index is 903. The molecule has 1 N–H and O–H groups in total. The average molecular weight is 431 g/mol. The van der Waals surface area contributed by atoms with Gasteiger partial charge in [0, 0.05) is 37.9 Å². The number of rotatable bonds is 7. The minimum Gasteiger partial charge on any atom is -0.355 e. The third-order valence-electron chi connectivity index (χ3n) is 5.87. The van der Waals surface area contributed by atoms with E-state index in [1.54, 1.807) is 6.07 Å². The molecule has 2 aliphatic rings. The van der Waals surface area contributed by atoms with Crippen molar-refractivity contribution in [2.24, 2.45) is 11.8 Å². The lowest BCUT2D eigenvalue weighted by Gasteiger charge is -2.17. The zero-order chi connectivity index (χ0) is 20.4. The van der Waals surface area contributed by atoms with Crippen molar-refractivity contribution in [2.45, 2.75) is 25.2 Å². The Morgan fingerprint density at radius 1 is 1.10 bits per heavy atom. The second-order valence-corrected chi connectivity index (χ2v) is 8.83. The molecule has 29 heavy (non-hydrogen) atoms. The highest BCUT2D eigenvalue weighted by molar-refractivity contribution is 6.42. The number of benzene rings is 2. The number of hydrogen-bond donors (Lipinski definition) is 1. The second-order valence-electron chi connectivity index (χ2n) is 8.01. The third kappa shape index (κ3) is 4.93. The number of halogens is 2. The molecule has 1 heterocycles. The molecule has 0 unspecified atom stereocenters. The first kappa shape index (κ1) is 20.2. The Labute approximate surface area is 181 Å². The van der Waals surface area contributed by atoms with E-state index in [1.165, 1.54) is 5.56 Å². The van der Waals surface area contributed by atoms with Gasteiger partial charge in [-0.1, -0.05) is 59.6 Å². The van der Waals surface area contributed by atoms with Crippen molar-refractivity contribution in [3.63, 3.8) is 0 Å². The van der Waals surface area contributed by atoms with Crippen LogP contribution >= 0.6 is 23.2 Å². The zero-order valence-corrected chi connectivity index (χ0v) is 17.6. The van der Waals surface area contributed by atoms with Gasteiger partial charge in [-0.05, 0) is 42.0 Å². The molecule has 2 aromatic rings. The van der Waals surface area contributed by atoms with Crippen LogP contribution in [-0.2, 0) is 16.0 Å². The van der Waals surface area contributed by atoms with Crippen LogP contribution in [0.3, 0.4) is 0 Å². The van der Waals surface area contributed by atoms with Gasteiger partial charge in [-0.2, -0.15) is 0 Å². The summed E-state index contributed by atoms with van der Waals surface area (Å²) in [6, 6.07) is 15.8. The molecular weight excluding hydrogens is 407 g/mol. The number of nitrogens with one attached hydrogen (secondary N) is 1. The zero-order valence-electron chi connectivity index (χ0n) is 16.1. The summed E-state index contributed by atoms with van der Waals surface area (Å²) in [5, 5.41) is 4.10. The highest BCUT2D eigenvalue weighted by atomic mass is 35.5. The van der Waals surface area contributed by atoms with Crippen LogP contribution in [0.25, 0.3) is 0 Å². The van der Waals surface area contributed by atoms with Crippen molar-refractivity contribution in [3.8, 4) is 0 Å². The van der Waals surface area contributed by atoms with Crippen LogP contribution in [0.1, 0.15) is 29.9 Å². The van der Waals surface area contributed by atoms with E-state index in [4.69, 9.17) is 23.2 Å². The Morgan fingerprint density at radius 2 is 1.90 bits per heavy atom. The van der Waals surface area contributed by atoms with Crippen molar-refractivity contribution < 1.29 is 9.59 Å². The van der Waals surface area contributed by atoms with Crippen molar-refractivity contribution in [3.05, 3.63) is 69.7 Å². The molecule has 1 aliphatic carbocycles. The highest BCUT2D eigenvalue weighted by Crippen LogP contribution is 2.48. The molecule has 2 fully saturated rings. The van der Waals surface area contributed by atoms with Gasteiger partial charge < -0.3 is 10.2 Å². The summed E-state index contributed by atoms with van der Waals surface area (Å²) in [7, 11) is 0. The fourth-order valence-corrected chi connectivity index (χ4v) is 4.39. The maximum atomic E-state index is 12.5. The molecule has 1 saturated carbocycles. The van der Waals surface area contributed by atoms with Gasteiger partial charge in [0.1, 0.15) is 0 Å². The lowest BCUT2D eigenvalue weighted by Crippen LogP contribution is -2.33. The van der Waals surface area contributed by atoms with E-state index >= 15 is 0 Å². The van der Waals surface area contributed by atoms with Crippen LogP contribution in [-0.4, -0.2) is 36.3 Å². The van der Waals surface area contributed by atoms with Crippen LogP contribution in [0.15, 0.2) is 48.5 Å². The number of hydrogen-bond acceptors (Lipinski definition) is 2. The quantitative estimate of drug-likeness (QED) is 0.711. The van der Waals surface area contributed by atoms with Gasteiger partial charge in [0.2, 0.25) is 11.8 Å². The molecule has 4 nitrogen and oxygen atoms in total. The minimum atomic E-state index is -0.0152. The molecule has 6 heteroatoms. The highest BCUT2D eigenvalue weighted by Gasteiger charge is 2.44. The Kier molecular flexibility index (Phi) is 6.12. The predicted molar refractivity (Wildman–Crippen MR) is 115 cm³/mol. The lowest BCUT2D eigenvalue weighted by molar-refractivity contribution is -0.127. The molecule has 1 aliphatic heterocycles. The van der Waals surface area contributed by atoms with E-state index in [2.05, 4.69) is 17.4 Å². The number of nitrogens with zero attached hydrogens (tertiary/aromatic N) is 1. The Hall–Kier alpha value is -2.04.